The molecule has 3 rings (SSSR count). The average molecular weight is 238 g/mol. The summed E-state index contributed by atoms with van der Waals surface area (Å²) >= 11 is 0. The predicted octanol–water partition coefficient (Wildman–Crippen LogP) is 0.949. The number of hydrogen-bond acceptors (Lipinski definition) is 2. The van der Waals surface area contributed by atoms with Gasteiger partial charge in [-0.3, -0.25) is 0 Å². The van der Waals surface area contributed by atoms with Gasteiger partial charge < -0.3 is 16.9 Å². The molecule has 0 N–H and O–H groups in total. The Bertz CT molecular complexity index is 380. The molecule has 1 aromatic rings. The maximum absolute atomic E-state index is 5.31. The van der Waals surface area contributed by atoms with E-state index in [4.69, 9.17) is 9.47 Å². The fraction of sp³-hybridized carbons (Fsp3) is 0.692. The number of epoxide rings is 2. The first-order valence-electron chi connectivity index (χ1n) is 5.96. The molecule has 3 heterocycles. The van der Waals surface area contributed by atoms with Crippen LogP contribution in [0.1, 0.15) is 17.2 Å². The van der Waals surface area contributed by atoms with Gasteiger partial charge in [0.15, 0.2) is 0 Å². The fourth-order valence-corrected chi connectivity index (χ4v) is 2.31. The van der Waals surface area contributed by atoms with Crippen LogP contribution >= 0.6 is 0 Å². The molecule has 0 radical (unpaired) electrons. The smallest absolute Gasteiger partial charge is 0.253 e. The van der Waals surface area contributed by atoms with E-state index in [1.54, 1.807) is 0 Å². The fourth-order valence-electron chi connectivity index (χ4n) is 2.31. The largest absolute Gasteiger partial charge is 0.369 e. The standard InChI is InChI=1S/C12H19N2O2.CH3/c1-8-9(2)14(5-12-7-16-12)10(3)13(8)4-11-6-15-11;/h11-12H,4-7H2,1-3H3;1H3/q+1;-1. The monoisotopic (exact) mass is 238 g/mol. The molecule has 2 unspecified atom stereocenters. The Hall–Kier alpha value is -0.870. The average Bonchev–Trinajstić information content (AvgIpc) is 3.12. The normalized spacial score (nSPS) is 25.6. The second-order valence-electron chi connectivity index (χ2n) is 4.85. The third-order valence-electron chi connectivity index (χ3n) is 3.69. The second-order valence-corrected chi connectivity index (χ2v) is 4.85. The van der Waals surface area contributed by atoms with Crippen molar-refractivity contribution in [2.45, 2.75) is 46.1 Å². The predicted molar refractivity (Wildman–Crippen MR) is 64.7 cm³/mol. The Morgan fingerprint density at radius 3 is 2.29 bits per heavy atom. The third kappa shape index (κ3) is 2.38. The van der Waals surface area contributed by atoms with Crippen molar-refractivity contribution >= 4 is 0 Å². The highest BCUT2D eigenvalue weighted by molar-refractivity contribution is 5.07. The van der Waals surface area contributed by atoms with Gasteiger partial charge >= 0.3 is 0 Å². The Morgan fingerprint density at radius 2 is 1.76 bits per heavy atom. The summed E-state index contributed by atoms with van der Waals surface area (Å²) in [5.74, 6) is 1.32. The van der Waals surface area contributed by atoms with E-state index >= 15 is 0 Å². The summed E-state index contributed by atoms with van der Waals surface area (Å²) in [5.41, 5.74) is 2.71. The van der Waals surface area contributed by atoms with Gasteiger partial charge in [-0.25, -0.2) is 9.13 Å². The molecule has 0 bridgehead atoms. The highest BCUT2D eigenvalue weighted by atomic mass is 16.6. The van der Waals surface area contributed by atoms with Crippen LogP contribution in [0.5, 0.6) is 0 Å². The maximum atomic E-state index is 5.31. The molecule has 17 heavy (non-hydrogen) atoms. The van der Waals surface area contributed by atoms with Gasteiger partial charge in [0.25, 0.3) is 5.82 Å². The molecule has 4 nitrogen and oxygen atoms in total. The number of hydrogen-bond donors (Lipinski definition) is 0. The van der Waals surface area contributed by atoms with Crippen molar-refractivity contribution < 1.29 is 14.0 Å². The zero-order valence-electron chi connectivity index (χ0n) is 11.2. The number of imidazole rings is 1. The molecule has 0 spiro atoms. The Balaban J connectivity index is 0.00000108. The molecule has 0 amide bonds. The van der Waals surface area contributed by atoms with Crippen molar-refractivity contribution in [3.05, 3.63) is 24.6 Å². The van der Waals surface area contributed by atoms with Gasteiger partial charge in [0.05, 0.1) is 13.2 Å². The van der Waals surface area contributed by atoms with Gasteiger partial charge in [-0.2, -0.15) is 0 Å². The lowest BCUT2D eigenvalue weighted by molar-refractivity contribution is -0.709. The third-order valence-corrected chi connectivity index (χ3v) is 3.69. The highest BCUT2D eigenvalue weighted by Crippen LogP contribution is 2.17. The molecule has 2 fully saturated rings. The first-order valence-corrected chi connectivity index (χ1v) is 5.96. The van der Waals surface area contributed by atoms with Crippen LogP contribution in [0.25, 0.3) is 0 Å². The molecule has 0 aromatic carbocycles. The minimum Gasteiger partial charge on any atom is -0.369 e. The summed E-state index contributed by atoms with van der Waals surface area (Å²) in [6.07, 6.45) is 0.879. The minimum absolute atomic E-state index is 0. The number of rotatable bonds is 4. The van der Waals surface area contributed by atoms with Crippen LogP contribution in [0.15, 0.2) is 0 Å². The Labute approximate surface area is 103 Å². The molecule has 0 aliphatic carbocycles. The van der Waals surface area contributed by atoms with Crippen molar-refractivity contribution in [2.75, 3.05) is 13.2 Å². The van der Waals surface area contributed by atoms with Gasteiger partial charge in [-0.1, -0.05) is 0 Å². The van der Waals surface area contributed by atoms with Gasteiger partial charge in [0, 0.05) is 20.8 Å². The zero-order chi connectivity index (χ0) is 11.3. The van der Waals surface area contributed by atoms with E-state index in [0.29, 0.717) is 12.2 Å². The van der Waals surface area contributed by atoms with E-state index in [9.17, 15) is 0 Å². The summed E-state index contributed by atoms with van der Waals surface area (Å²) in [5, 5.41) is 0. The SMILES string of the molecule is Cc1c(C)[n+](CC2CO2)c(C)n1CC1CO1.[CH3-]. The van der Waals surface area contributed by atoms with E-state index in [0.717, 1.165) is 26.3 Å². The maximum Gasteiger partial charge on any atom is 0.253 e. The quantitative estimate of drug-likeness (QED) is 0.444. The molecular formula is C13H22N2O2. The number of aromatic nitrogens is 2. The molecule has 2 atom stereocenters. The zero-order valence-corrected chi connectivity index (χ0v) is 11.2. The van der Waals surface area contributed by atoms with Crippen LogP contribution in [0.2, 0.25) is 0 Å². The molecule has 2 aliphatic rings. The van der Waals surface area contributed by atoms with Gasteiger partial charge in [-0.15, -0.1) is 0 Å². The van der Waals surface area contributed by atoms with E-state index in [-0.39, 0.29) is 7.43 Å². The molecule has 0 saturated carbocycles. The van der Waals surface area contributed by atoms with E-state index in [2.05, 4.69) is 29.9 Å². The lowest BCUT2D eigenvalue weighted by Gasteiger charge is -1.99. The van der Waals surface area contributed by atoms with Crippen LogP contribution in [0.4, 0.5) is 0 Å². The summed E-state index contributed by atoms with van der Waals surface area (Å²) in [4.78, 5) is 0. The van der Waals surface area contributed by atoms with Crippen LogP contribution in [0.3, 0.4) is 0 Å². The van der Waals surface area contributed by atoms with E-state index < -0.39 is 0 Å². The van der Waals surface area contributed by atoms with E-state index in [1.807, 2.05) is 0 Å². The Kier molecular flexibility index (Phi) is 3.27. The van der Waals surface area contributed by atoms with Gasteiger partial charge in [0.2, 0.25) is 0 Å². The van der Waals surface area contributed by atoms with Crippen molar-refractivity contribution in [3.8, 4) is 0 Å². The Morgan fingerprint density at radius 1 is 1.18 bits per heavy atom. The van der Waals surface area contributed by atoms with Crippen molar-refractivity contribution in [1.29, 1.82) is 0 Å². The summed E-state index contributed by atoms with van der Waals surface area (Å²) in [6, 6.07) is 0. The molecule has 2 saturated heterocycles. The highest BCUT2D eigenvalue weighted by Gasteiger charge is 2.33. The van der Waals surface area contributed by atoms with Crippen LogP contribution in [-0.2, 0) is 22.6 Å². The lowest BCUT2D eigenvalue weighted by Crippen LogP contribution is -2.41. The topological polar surface area (TPSA) is 33.9 Å². The van der Waals surface area contributed by atoms with Crippen molar-refractivity contribution in [3.63, 3.8) is 0 Å². The molecule has 1 aromatic heterocycles. The number of ether oxygens (including phenoxy) is 2. The van der Waals surface area contributed by atoms with E-state index in [1.165, 1.54) is 17.2 Å². The first kappa shape index (κ1) is 12.6. The molecular weight excluding hydrogens is 216 g/mol. The lowest BCUT2D eigenvalue weighted by atomic mass is 10.3. The summed E-state index contributed by atoms with van der Waals surface area (Å²) in [7, 11) is 0. The second kappa shape index (κ2) is 4.42. The van der Waals surface area contributed by atoms with Crippen LogP contribution < -0.4 is 4.57 Å². The van der Waals surface area contributed by atoms with Crippen LogP contribution in [0, 0.1) is 28.2 Å². The van der Waals surface area contributed by atoms with Crippen molar-refractivity contribution in [1.82, 2.24) is 4.57 Å². The summed E-state index contributed by atoms with van der Waals surface area (Å²) < 4.78 is 15.4. The first-order chi connectivity index (χ1) is 7.66. The molecule has 2 aliphatic heterocycles. The van der Waals surface area contributed by atoms with Crippen molar-refractivity contribution in [2.24, 2.45) is 0 Å². The number of nitrogens with zero attached hydrogens (tertiary/aromatic N) is 2. The minimum atomic E-state index is 0. The van der Waals surface area contributed by atoms with Gasteiger partial charge in [-0.05, 0) is 0 Å². The van der Waals surface area contributed by atoms with Gasteiger partial charge in [0.1, 0.15) is 36.7 Å². The molecule has 4 heteroatoms. The summed E-state index contributed by atoms with van der Waals surface area (Å²) in [6.45, 7) is 10.4. The molecule has 96 valence electrons. The van der Waals surface area contributed by atoms with Crippen LogP contribution in [-0.4, -0.2) is 30.0 Å².